The highest BCUT2D eigenvalue weighted by molar-refractivity contribution is 5.36. The maximum Gasteiger partial charge on any atom is 0.158 e. The Balaban J connectivity index is 3.08. The molecule has 2 heteroatoms. The molecule has 0 fully saturated rings. The number of allylic oxidation sites excluding steroid dienone is 4. The zero-order valence-electron chi connectivity index (χ0n) is 8.62. The summed E-state index contributed by atoms with van der Waals surface area (Å²) in [6.07, 6.45) is 2.03. The zero-order chi connectivity index (χ0) is 10.2. The maximum absolute atomic E-state index is 13.3. The summed E-state index contributed by atoms with van der Waals surface area (Å²) in [5, 5.41) is 0. The van der Waals surface area contributed by atoms with Crippen molar-refractivity contribution in [3.05, 3.63) is 23.3 Å². The topological polar surface area (TPSA) is 0 Å². The van der Waals surface area contributed by atoms with Crippen LogP contribution in [0.4, 0.5) is 8.78 Å². The second-order valence-electron chi connectivity index (χ2n) is 4.73. The number of rotatable bonds is 0. The Labute approximate surface area is 78.3 Å². The van der Waals surface area contributed by atoms with Gasteiger partial charge in [-0.2, -0.15) is 0 Å². The van der Waals surface area contributed by atoms with E-state index in [1.54, 1.807) is 0 Å². The largest absolute Gasteiger partial charge is 0.209 e. The molecule has 1 rings (SSSR count). The quantitative estimate of drug-likeness (QED) is 0.533. The predicted molar refractivity (Wildman–Crippen MR) is 50.6 cm³/mol. The average molecular weight is 186 g/mol. The van der Waals surface area contributed by atoms with E-state index in [-0.39, 0.29) is 17.8 Å². The van der Waals surface area contributed by atoms with Crippen molar-refractivity contribution in [1.29, 1.82) is 0 Å². The fourth-order valence-corrected chi connectivity index (χ4v) is 1.51. The van der Waals surface area contributed by atoms with Crippen LogP contribution in [0, 0.1) is 11.3 Å². The summed E-state index contributed by atoms with van der Waals surface area (Å²) in [5.41, 5.74) is 0.194. The molecule has 0 amide bonds. The predicted octanol–water partition coefficient (Wildman–Crippen LogP) is 4.15. The van der Waals surface area contributed by atoms with Crippen molar-refractivity contribution < 1.29 is 8.78 Å². The van der Waals surface area contributed by atoms with Crippen molar-refractivity contribution in [3.8, 4) is 0 Å². The lowest BCUT2D eigenvalue weighted by atomic mass is 9.80. The van der Waals surface area contributed by atoms with Gasteiger partial charge in [0.2, 0.25) is 0 Å². The lowest BCUT2D eigenvalue weighted by Gasteiger charge is -2.26. The highest BCUT2D eigenvalue weighted by atomic mass is 19.2. The van der Waals surface area contributed by atoms with Crippen LogP contribution in [0.25, 0.3) is 0 Å². The van der Waals surface area contributed by atoms with Crippen LogP contribution in [0.3, 0.4) is 0 Å². The molecule has 1 aliphatic rings. The maximum atomic E-state index is 13.3. The molecule has 0 nitrogen and oxygen atoms in total. The van der Waals surface area contributed by atoms with Crippen LogP contribution < -0.4 is 0 Å². The van der Waals surface area contributed by atoms with Gasteiger partial charge in [-0.25, -0.2) is 8.78 Å². The first-order valence-electron chi connectivity index (χ1n) is 4.59. The Morgan fingerprint density at radius 3 is 2.31 bits per heavy atom. The summed E-state index contributed by atoms with van der Waals surface area (Å²) < 4.78 is 26.4. The minimum atomic E-state index is -0.648. The van der Waals surface area contributed by atoms with E-state index in [9.17, 15) is 8.78 Å². The molecule has 1 unspecified atom stereocenters. The Morgan fingerprint density at radius 2 is 1.85 bits per heavy atom. The molecular weight excluding hydrogens is 170 g/mol. The molecule has 0 heterocycles. The molecule has 0 saturated carbocycles. The Kier molecular flexibility index (Phi) is 2.60. The van der Waals surface area contributed by atoms with Gasteiger partial charge in [0.15, 0.2) is 5.83 Å². The highest BCUT2D eigenvalue weighted by Gasteiger charge is 2.28. The molecule has 13 heavy (non-hydrogen) atoms. The van der Waals surface area contributed by atoms with Crippen LogP contribution in [-0.4, -0.2) is 0 Å². The molecule has 1 aliphatic carbocycles. The van der Waals surface area contributed by atoms with Gasteiger partial charge in [-0.1, -0.05) is 33.8 Å². The summed E-state index contributed by atoms with van der Waals surface area (Å²) >= 11 is 0. The zero-order valence-corrected chi connectivity index (χ0v) is 8.62. The van der Waals surface area contributed by atoms with Crippen LogP contribution >= 0.6 is 0 Å². The summed E-state index contributed by atoms with van der Waals surface area (Å²) in [6, 6.07) is 0. The van der Waals surface area contributed by atoms with Crippen molar-refractivity contribution in [3.63, 3.8) is 0 Å². The molecule has 74 valence electrons. The first-order valence-corrected chi connectivity index (χ1v) is 4.59. The van der Waals surface area contributed by atoms with Crippen molar-refractivity contribution in [2.45, 2.75) is 34.1 Å². The van der Waals surface area contributed by atoms with Crippen molar-refractivity contribution in [1.82, 2.24) is 0 Å². The Morgan fingerprint density at radius 1 is 1.31 bits per heavy atom. The first kappa shape index (κ1) is 10.4. The van der Waals surface area contributed by atoms with Crippen LogP contribution in [0.5, 0.6) is 0 Å². The minimum absolute atomic E-state index is 0.105. The van der Waals surface area contributed by atoms with Gasteiger partial charge in [-0.05, 0) is 16.9 Å². The smallest absolute Gasteiger partial charge is 0.158 e. The third kappa shape index (κ3) is 2.17. The fourth-order valence-electron chi connectivity index (χ4n) is 1.51. The Bertz CT molecular complexity index is 266. The van der Waals surface area contributed by atoms with Gasteiger partial charge < -0.3 is 0 Å². The van der Waals surface area contributed by atoms with Gasteiger partial charge in [-0.3, -0.25) is 0 Å². The first-order chi connectivity index (χ1) is 5.82. The second-order valence-corrected chi connectivity index (χ2v) is 4.73. The summed E-state index contributed by atoms with van der Waals surface area (Å²) in [5.74, 6) is -1.14. The monoisotopic (exact) mass is 186 g/mol. The minimum Gasteiger partial charge on any atom is -0.209 e. The molecule has 0 N–H and O–H groups in total. The lowest BCUT2D eigenvalue weighted by Crippen LogP contribution is -2.15. The molecule has 0 radical (unpaired) electrons. The standard InChI is InChI=1S/C11H16F2/c1-7-5-8(11(2,3)4)10(13)9(12)6-7/h5,7H,6H2,1-4H3. The lowest BCUT2D eigenvalue weighted by molar-refractivity contribution is 0.413. The second kappa shape index (κ2) is 3.24. The van der Waals surface area contributed by atoms with E-state index in [1.165, 1.54) is 0 Å². The average Bonchev–Trinajstić information content (AvgIpc) is 1.94. The van der Waals surface area contributed by atoms with E-state index in [4.69, 9.17) is 0 Å². The van der Waals surface area contributed by atoms with Gasteiger partial charge >= 0.3 is 0 Å². The summed E-state index contributed by atoms with van der Waals surface area (Å²) in [6.45, 7) is 7.58. The van der Waals surface area contributed by atoms with Gasteiger partial charge in [0.05, 0.1) is 0 Å². The van der Waals surface area contributed by atoms with Gasteiger partial charge in [-0.15, -0.1) is 0 Å². The normalized spacial score (nSPS) is 24.8. The van der Waals surface area contributed by atoms with E-state index < -0.39 is 11.7 Å². The number of hydrogen-bond donors (Lipinski definition) is 0. The van der Waals surface area contributed by atoms with Gasteiger partial charge in [0, 0.05) is 6.42 Å². The molecular formula is C11H16F2. The summed E-state index contributed by atoms with van der Waals surface area (Å²) in [7, 11) is 0. The number of halogens is 2. The van der Waals surface area contributed by atoms with Crippen LogP contribution in [-0.2, 0) is 0 Å². The molecule has 0 bridgehead atoms. The third-order valence-electron chi connectivity index (χ3n) is 2.24. The van der Waals surface area contributed by atoms with Crippen LogP contribution in [0.2, 0.25) is 0 Å². The van der Waals surface area contributed by atoms with E-state index in [0.717, 1.165) is 0 Å². The molecule has 0 aliphatic heterocycles. The molecule has 0 aromatic heterocycles. The van der Waals surface area contributed by atoms with E-state index in [2.05, 4.69) is 0 Å². The fraction of sp³-hybridized carbons (Fsp3) is 0.636. The van der Waals surface area contributed by atoms with E-state index >= 15 is 0 Å². The Hall–Kier alpha value is -0.660. The SMILES string of the molecule is CC1C=C(C(C)(C)C)C(F)=C(F)C1. The number of hydrogen-bond acceptors (Lipinski definition) is 0. The summed E-state index contributed by atoms with van der Waals surface area (Å²) in [4.78, 5) is 0. The van der Waals surface area contributed by atoms with Crippen LogP contribution in [0.1, 0.15) is 34.1 Å². The van der Waals surface area contributed by atoms with E-state index in [0.29, 0.717) is 5.57 Å². The molecule has 0 aromatic rings. The molecule has 0 spiro atoms. The molecule has 0 saturated heterocycles. The van der Waals surface area contributed by atoms with E-state index in [1.807, 2.05) is 33.8 Å². The van der Waals surface area contributed by atoms with Crippen molar-refractivity contribution in [2.24, 2.45) is 11.3 Å². The van der Waals surface area contributed by atoms with Crippen LogP contribution in [0.15, 0.2) is 23.3 Å². The van der Waals surface area contributed by atoms with Crippen molar-refractivity contribution in [2.75, 3.05) is 0 Å². The van der Waals surface area contributed by atoms with Crippen molar-refractivity contribution >= 4 is 0 Å². The molecule has 1 atom stereocenters. The van der Waals surface area contributed by atoms with Gasteiger partial charge in [0.1, 0.15) is 5.83 Å². The molecule has 0 aromatic carbocycles. The van der Waals surface area contributed by atoms with Gasteiger partial charge in [0.25, 0.3) is 0 Å². The highest BCUT2D eigenvalue weighted by Crippen LogP contribution is 2.39. The third-order valence-corrected chi connectivity index (χ3v) is 2.24.